The average molecular weight is 300 g/mol. The number of morpholine rings is 1. The van der Waals surface area contributed by atoms with Crippen molar-refractivity contribution in [3.63, 3.8) is 0 Å². The summed E-state index contributed by atoms with van der Waals surface area (Å²) in [6.07, 6.45) is -0.600. The molecule has 0 saturated carbocycles. The van der Waals surface area contributed by atoms with Crippen molar-refractivity contribution in [3.8, 4) is 0 Å². The van der Waals surface area contributed by atoms with Crippen LogP contribution in [0.25, 0.3) is 0 Å². The molecular weight excluding hydrogens is 286 g/mol. The first-order valence-corrected chi connectivity index (χ1v) is 6.51. The first-order valence-electron chi connectivity index (χ1n) is 6.10. The maximum atomic E-state index is 13.5. The second-order valence-corrected chi connectivity index (χ2v) is 4.99. The van der Waals surface area contributed by atoms with Crippen molar-refractivity contribution in [1.29, 1.82) is 0 Å². The summed E-state index contributed by atoms with van der Waals surface area (Å²) < 4.78 is 31.6. The molecule has 4 nitrogen and oxygen atoms in total. The number of nitrogens with two attached hydrogens (primary N) is 1. The lowest BCUT2D eigenvalue weighted by molar-refractivity contribution is -0.135. The Balaban J connectivity index is 2.02. The lowest BCUT2D eigenvalue weighted by Gasteiger charge is -2.32. The lowest BCUT2D eigenvalue weighted by Crippen LogP contribution is -2.50. The summed E-state index contributed by atoms with van der Waals surface area (Å²) in [5, 5.41) is 0. The van der Waals surface area contributed by atoms with Crippen LogP contribution in [0.2, 0.25) is 0 Å². The van der Waals surface area contributed by atoms with Gasteiger partial charge in [-0.15, -0.1) is 0 Å². The molecule has 2 N–H and O–H groups in total. The molecule has 7 heteroatoms. The molecule has 108 valence electrons. The summed E-state index contributed by atoms with van der Waals surface area (Å²) in [7, 11) is 0. The van der Waals surface area contributed by atoms with Gasteiger partial charge in [-0.05, 0) is 11.6 Å². The second-order valence-electron chi connectivity index (χ2n) is 4.51. The van der Waals surface area contributed by atoms with Gasteiger partial charge in [0.15, 0.2) is 0 Å². The largest absolute Gasteiger partial charge is 0.391 e. The van der Waals surface area contributed by atoms with E-state index in [1.807, 2.05) is 0 Å². The Morgan fingerprint density at radius 3 is 2.90 bits per heavy atom. The topological polar surface area (TPSA) is 55.6 Å². The van der Waals surface area contributed by atoms with Crippen LogP contribution in [-0.2, 0) is 16.0 Å². The Hall–Kier alpha value is -1.60. The summed E-state index contributed by atoms with van der Waals surface area (Å²) >= 11 is 4.83. The molecule has 1 heterocycles. The van der Waals surface area contributed by atoms with E-state index < -0.39 is 17.7 Å². The van der Waals surface area contributed by atoms with Crippen LogP contribution in [0.1, 0.15) is 5.56 Å². The van der Waals surface area contributed by atoms with Crippen molar-refractivity contribution >= 4 is 23.1 Å². The van der Waals surface area contributed by atoms with Crippen molar-refractivity contribution in [2.24, 2.45) is 5.73 Å². The minimum Gasteiger partial charge on any atom is -0.391 e. The molecular formula is C13H14F2N2O2S. The smallest absolute Gasteiger partial charge is 0.227 e. The van der Waals surface area contributed by atoms with Gasteiger partial charge in [0.05, 0.1) is 19.6 Å². The van der Waals surface area contributed by atoms with Crippen LogP contribution >= 0.6 is 12.2 Å². The Kier molecular flexibility index (Phi) is 4.61. The lowest BCUT2D eigenvalue weighted by atomic mass is 10.1. The summed E-state index contributed by atoms with van der Waals surface area (Å²) in [4.78, 5) is 13.8. The maximum absolute atomic E-state index is 13.5. The number of ether oxygens (including phenoxy) is 1. The maximum Gasteiger partial charge on any atom is 0.227 e. The van der Waals surface area contributed by atoms with Gasteiger partial charge in [0.2, 0.25) is 5.91 Å². The zero-order chi connectivity index (χ0) is 14.7. The molecule has 2 rings (SSSR count). The SMILES string of the molecule is NC(=S)C1CN(C(=O)Cc2ccc(F)cc2F)CCO1. The number of thiocarbonyl (C=S) groups is 1. The van der Waals surface area contributed by atoms with Crippen LogP contribution in [0.15, 0.2) is 18.2 Å². The standard InChI is InChI=1S/C13H14F2N2O2S/c14-9-2-1-8(10(15)6-9)5-12(18)17-3-4-19-11(7-17)13(16)20/h1-2,6,11H,3-5,7H2,(H2,16,20). The third-order valence-electron chi connectivity index (χ3n) is 3.09. The van der Waals surface area contributed by atoms with Crippen molar-refractivity contribution in [1.82, 2.24) is 4.90 Å². The van der Waals surface area contributed by atoms with E-state index in [1.165, 1.54) is 11.0 Å². The van der Waals surface area contributed by atoms with Crippen LogP contribution in [0.4, 0.5) is 8.78 Å². The van der Waals surface area contributed by atoms with Crippen molar-refractivity contribution < 1.29 is 18.3 Å². The van der Waals surface area contributed by atoms with E-state index >= 15 is 0 Å². The van der Waals surface area contributed by atoms with Gasteiger partial charge in [0.25, 0.3) is 0 Å². The number of hydrogen-bond acceptors (Lipinski definition) is 3. The number of rotatable bonds is 3. The molecule has 1 aliphatic heterocycles. The fraction of sp³-hybridized carbons (Fsp3) is 0.385. The molecule has 1 aromatic rings. The van der Waals surface area contributed by atoms with Crippen LogP contribution in [0.5, 0.6) is 0 Å². The van der Waals surface area contributed by atoms with Crippen LogP contribution < -0.4 is 5.73 Å². The van der Waals surface area contributed by atoms with E-state index in [2.05, 4.69) is 0 Å². The Morgan fingerprint density at radius 2 is 2.25 bits per heavy atom. The number of nitrogens with zero attached hydrogens (tertiary/aromatic N) is 1. The molecule has 0 aliphatic carbocycles. The molecule has 20 heavy (non-hydrogen) atoms. The van der Waals surface area contributed by atoms with E-state index in [0.29, 0.717) is 13.2 Å². The minimum atomic E-state index is -0.725. The quantitative estimate of drug-likeness (QED) is 0.847. The van der Waals surface area contributed by atoms with Crippen LogP contribution in [0, 0.1) is 11.6 Å². The normalized spacial score (nSPS) is 18.9. The summed E-state index contributed by atoms with van der Waals surface area (Å²) in [6.45, 7) is 0.997. The molecule has 1 aromatic carbocycles. The highest BCUT2D eigenvalue weighted by molar-refractivity contribution is 7.80. The van der Waals surface area contributed by atoms with Crippen LogP contribution in [0.3, 0.4) is 0 Å². The van der Waals surface area contributed by atoms with E-state index in [4.69, 9.17) is 22.7 Å². The first kappa shape index (κ1) is 14.8. The Bertz CT molecular complexity index is 539. The highest BCUT2D eigenvalue weighted by Crippen LogP contribution is 2.13. The second kappa shape index (κ2) is 6.23. The molecule has 1 saturated heterocycles. The average Bonchev–Trinajstić information content (AvgIpc) is 2.42. The van der Waals surface area contributed by atoms with Gasteiger partial charge in [-0.25, -0.2) is 8.78 Å². The van der Waals surface area contributed by atoms with Crippen molar-refractivity contribution in [3.05, 3.63) is 35.4 Å². The molecule has 0 aromatic heterocycles. The molecule has 1 atom stereocenters. The Morgan fingerprint density at radius 1 is 1.50 bits per heavy atom. The molecule has 1 unspecified atom stereocenters. The molecule has 1 aliphatic rings. The van der Waals surface area contributed by atoms with E-state index in [1.54, 1.807) is 0 Å². The van der Waals surface area contributed by atoms with E-state index in [0.717, 1.165) is 12.1 Å². The fourth-order valence-corrected chi connectivity index (χ4v) is 2.13. The number of carbonyl (C=O) groups excluding carboxylic acids is 1. The molecule has 1 fully saturated rings. The first-order chi connectivity index (χ1) is 9.47. The molecule has 0 bridgehead atoms. The van der Waals surface area contributed by atoms with Gasteiger partial charge >= 0.3 is 0 Å². The zero-order valence-corrected chi connectivity index (χ0v) is 11.5. The van der Waals surface area contributed by atoms with Gasteiger partial charge in [-0.1, -0.05) is 18.3 Å². The number of hydrogen-bond donors (Lipinski definition) is 1. The number of amides is 1. The summed E-state index contributed by atoms with van der Waals surface area (Å²) in [6, 6.07) is 3.16. The van der Waals surface area contributed by atoms with E-state index in [-0.39, 0.29) is 29.4 Å². The van der Waals surface area contributed by atoms with Gasteiger partial charge in [0.1, 0.15) is 22.7 Å². The minimum absolute atomic E-state index is 0.129. The molecule has 0 spiro atoms. The van der Waals surface area contributed by atoms with Gasteiger partial charge < -0.3 is 15.4 Å². The highest BCUT2D eigenvalue weighted by atomic mass is 32.1. The fourth-order valence-electron chi connectivity index (χ4n) is 1.99. The number of benzene rings is 1. The molecule has 1 amide bonds. The van der Waals surface area contributed by atoms with Crippen LogP contribution in [-0.4, -0.2) is 41.6 Å². The van der Waals surface area contributed by atoms with Crippen molar-refractivity contribution in [2.75, 3.05) is 19.7 Å². The third-order valence-corrected chi connectivity index (χ3v) is 3.36. The Labute approximate surface area is 120 Å². The van der Waals surface area contributed by atoms with Gasteiger partial charge in [-0.3, -0.25) is 4.79 Å². The monoisotopic (exact) mass is 300 g/mol. The van der Waals surface area contributed by atoms with Crippen molar-refractivity contribution in [2.45, 2.75) is 12.5 Å². The molecule has 0 radical (unpaired) electrons. The number of carbonyl (C=O) groups is 1. The third kappa shape index (κ3) is 3.49. The predicted molar refractivity (Wildman–Crippen MR) is 73.2 cm³/mol. The van der Waals surface area contributed by atoms with Gasteiger partial charge in [-0.2, -0.15) is 0 Å². The van der Waals surface area contributed by atoms with Gasteiger partial charge in [0, 0.05) is 12.6 Å². The summed E-state index contributed by atoms with van der Waals surface area (Å²) in [5.41, 5.74) is 5.65. The zero-order valence-electron chi connectivity index (χ0n) is 10.6. The van der Waals surface area contributed by atoms with E-state index in [9.17, 15) is 13.6 Å². The predicted octanol–water partition coefficient (Wildman–Crippen LogP) is 1.02. The highest BCUT2D eigenvalue weighted by Gasteiger charge is 2.26. The number of halogens is 2. The summed E-state index contributed by atoms with van der Waals surface area (Å²) in [5.74, 6) is -1.66.